The quantitative estimate of drug-likeness (QED) is 0.883. The number of amides is 1. The number of carbonyl (C=O) groups is 1. The number of aromatic nitrogens is 1. The van der Waals surface area contributed by atoms with Crippen LogP contribution in [-0.4, -0.2) is 34.9 Å². The largest absolute Gasteiger partial charge is 0.335 e. The van der Waals surface area contributed by atoms with E-state index in [9.17, 15) is 4.79 Å². The van der Waals surface area contributed by atoms with E-state index in [2.05, 4.69) is 24.1 Å². The van der Waals surface area contributed by atoms with E-state index in [1.54, 1.807) is 12.4 Å². The number of pyridine rings is 1. The molecule has 0 aromatic carbocycles. The van der Waals surface area contributed by atoms with Crippen LogP contribution in [0.1, 0.15) is 44.7 Å². The lowest BCUT2D eigenvalue weighted by molar-refractivity contribution is -0.131. The van der Waals surface area contributed by atoms with Crippen LogP contribution in [-0.2, 0) is 4.79 Å². The molecule has 0 aliphatic carbocycles. The number of hydrogen-bond donors (Lipinski definition) is 1. The Balaban J connectivity index is 1.97. The van der Waals surface area contributed by atoms with Crippen molar-refractivity contribution in [2.45, 2.75) is 45.2 Å². The maximum atomic E-state index is 12.3. The van der Waals surface area contributed by atoms with Crippen molar-refractivity contribution in [3.8, 4) is 0 Å². The molecular formula is C15H23N3O. The Labute approximate surface area is 115 Å². The van der Waals surface area contributed by atoms with Gasteiger partial charge in [0.2, 0.25) is 5.91 Å². The molecule has 2 heterocycles. The molecule has 1 aromatic heterocycles. The molecule has 0 saturated carbocycles. The van der Waals surface area contributed by atoms with Crippen LogP contribution < -0.4 is 5.32 Å². The summed E-state index contributed by atoms with van der Waals surface area (Å²) in [6.07, 6.45) is 6.78. The van der Waals surface area contributed by atoms with Crippen LogP contribution in [0.25, 0.3) is 0 Å². The molecule has 1 aliphatic rings. The summed E-state index contributed by atoms with van der Waals surface area (Å²) in [4.78, 5) is 18.3. The fourth-order valence-electron chi connectivity index (χ4n) is 2.50. The van der Waals surface area contributed by atoms with Crippen LogP contribution >= 0.6 is 0 Å². The Morgan fingerprint density at radius 2 is 2.26 bits per heavy atom. The number of carbonyl (C=O) groups excluding carboxylic acids is 1. The van der Waals surface area contributed by atoms with Crippen LogP contribution in [0.15, 0.2) is 24.5 Å². The van der Waals surface area contributed by atoms with Crippen molar-refractivity contribution >= 4 is 5.91 Å². The molecule has 1 N–H and O–H groups in total. The Kier molecular flexibility index (Phi) is 4.91. The number of likely N-dealkylation sites (tertiary alicyclic amines) is 1. The van der Waals surface area contributed by atoms with Gasteiger partial charge in [0, 0.05) is 25.0 Å². The second-order valence-corrected chi connectivity index (χ2v) is 5.22. The van der Waals surface area contributed by atoms with E-state index in [4.69, 9.17) is 0 Å². The summed E-state index contributed by atoms with van der Waals surface area (Å²) in [5.41, 5.74) is 1.20. The van der Waals surface area contributed by atoms with Gasteiger partial charge in [-0.05, 0) is 43.9 Å². The Morgan fingerprint density at radius 1 is 1.53 bits per heavy atom. The van der Waals surface area contributed by atoms with Gasteiger partial charge >= 0.3 is 0 Å². The fourth-order valence-corrected chi connectivity index (χ4v) is 2.50. The van der Waals surface area contributed by atoms with Gasteiger partial charge in [-0.1, -0.05) is 6.92 Å². The summed E-state index contributed by atoms with van der Waals surface area (Å²) in [6.45, 7) is 5.54. The zero-order valence-corrected chi connectivity index (χ0v) is 11.8. The standard InChI is InChI=1S/C15H23N3O/c1-3-12(2)17-11-15(19)18-10-4-5-14(18)13-6-8-16-9-7-13/h6-9,12,14,17H,3-5,10-11H2,1-2H3. The number of nitrogens with zero attached hydrogens (tertiary/aromatic N) is 2. The van der Waals surface area contributed by atoms with Gasteiger partial charge in [0.25, 0.3) is 0 Å². The van der Waals surface area contributed by atoms with E-state index in [1.807, 2.05) is 17.0 Å². The third-order valence-corrected chi connectivity index (χ3v) is 3.88. The average molecular weight is 261 g/mol. The van der Waals surface area contributed by atoms with E-state index in [-0.39, 0.29) is 11.9 Å². The predicted octanol–water partition coefficient (Wildman–Crippen LogP) is 2.13. The molecule has 1 amide bonds. The highest BCUT2D eigenvalue weighted by Crippen LogP contribution is 2.31. The SMILES string of the molecule is CCC(C)NCC(=O)N1CCCC1c1ccncc1. The highest BCUT2D eigenvalue weighted by molar-refractivity contribution is 5.79. The number of hydrogen-bond acceptors (Lipinski definition) is 3. The molecule has 104 valence electrons. The minimum absolute atomic E-state index is 0.208. The molecule has 1 saturated heterocycles. The van der Waals surface area contributed by atoms with Crippen molar-refractivity contribution in [3.63, 3.8) is 0 Å². The second-order valence-electron chi connectivity index (χ2n) is 5.22. The summed E-state index contributed by atoms with van der Waals surface area (Å²) >= 11 is 0. The van der Waals surface area contributed by atoms with E-state index >= 15 is 0 Å². The zero-order chi connectivity index (χ0) is 13.7. The van der Waals surface area contributed by atoms with Gasteiger partial charge in [0.1, 0.15) is 0 Å². The van der Waals surface area contributed by atoms with Gasteiger partial charge in [0.05, 0.1) is 12.6 Å². The molecule has 0 bridgehead atoms. The van der Waals surface area contributed by atoms with Gasteiger partial charge in [-0.2, -0.15) is 0 Å². The first-order valence-corrected chi connectivity index (χ1v) is 7.15. The summed E-state index contributed by atoms with van der Waals surface area (Å²) in [5, 5.41) is 3.28. The van der Waals surface area contributed by atoms with E-state index in [0.717, 1.165) is 25.8 Å². The van der Waals surface area contributed by atoms with Crippen molar-refractivity contribution in [3.05, 3.63) is 30.1 Å². The van der Waals surface area contributed by atoms with Crippen LogP contribution in [0.4, 0.5) is 0 Å². The van der Waals surface area contributed by atoms with Crippen molar-refractivity contribution in [2.75, 3.05) is 13.1 Å². The van der Waals surface area contributed by atoms with Crippen LogP contribution in [0, 0.1) is 0 Å². The van der Waals surface area contributed by atoms with Crippen molar-refractivity contribution in [2.24, 2.45) is 0 Å². The molecule has 0 spiro atoms. The molecule has 2 rings (SSSR count). The Morgan fingerprint density at radius 3 is 2.95 bits per heavy atom. The van der Waals surface area contributed by atoms with Crippen LogP contribution in [0.2, 0.25) is 0 Å². The van der Waals surface area contributed by atoms with E-state index < -0.39 is 0 Å². The minimum Gasteiger partial charge on any atom is -0.335 e. The lowest BCUT2D eigenvalue weighted by Gasteiger charge is -2.26. The smallest absolute Gasteiger partial charge is 0.237 e. The third kappa shape index (κ3) is 3.53. The topological polar surface area (TPSA) is 45.2 Å². The first kappa shape index (κ1) is 14.0. The summed E-state index contributed by atoms with van der Waals surface area (Å²) in [6, 6.07) is 4.65. The molecule has 1 aromatic rings. The predicted molar refractivity (Wildman–Crippen MR) is 75.7 cm³/mol. The fraction of sp³-hybridized carbons (Fsp3) is 0.600. The van der Waals surface area contributed by atoms with Crippen molar-refractivity contribution in [1.29, 1.82) is 0 Å². The van der Waals surface area contributed by atoms with Gasteiger partial charge in [-0.15, -0.1) is 0 Å². The molecule has 0 radical (unpaired) electrons. The third-order valence-electron chi connectivity index (χ3n) is 3.88. The van der Waals surface area contributed by atoms with Gasteiger partial charge in [-0.25, -0.2) is 0 Å². The summed E-state index contributed by atoms with van der Waals surface area (Å²) < 4.78 is 0. The van der Waals surface area contributed by atoms with E-state index in [1.165, 1.54) is 5.56 Å². The molecule has 2 atom stereocenters. The molecule has 2 unspecified atom stereocenters. The molecular weight excluding hydrogens is 238 g/mol. The van der Waals surface area contributed by atoms with Crippen LogP contribution in [0.3, 0.4) is 0 Å². The summed E-state index contributed by atoms with van der Waals surface area (Å²) in [7, 11) is 0. The number of nitrogens with one attached hydrogen (secondary N) is 1. The van der Waals surface area contributed by atoms with Gasteiger partial charge in [0.15, 0.2) is 0 Å². The monoisotopic (exact) mass is 261 g/mol. The maximum absolute atomic E-state index is 12.3. The Bertz CT molecular complexity index is 407. The molecule has 19 heavy (non-hydrogen) atoms. The minimum atomic E-state index is 0.208. The second kappa shape index (κ2) is 6.66. The molecule has 1 aliphatic heterocycles. The molecule has 4 heteroatoms. The summed E-state index contributed by atoms with van der Waals surface area (Å²) in [5.74, 6) is 0.208. The Hall–Kier alpha value is -1.42. The average Bonchev–Trinajstić information content (AvgIpc) is 2.94. The normalized spacial score (nSPS) is 20.5. The first-order chi connectivity index (χ1) is 9.22. The zero-order valence-electron chi connectivity index (χ0n) is 11.8. The lowest BCUT2D eigenvalue weighted by atomic mass is 10.1. The van der Waals surface area contributed by atoms with E-state index in [0.29, 0.717) is 12.6 Å². The van der Waals surface area contributed by atoms with Crippen molar-refractivity contribution in [1.82, 2.24) is 15.2 Å². The highest BCUT2D eigenvalue weighted by atomic mass is 16.2. The lowest BCUT2D eigenvalue weighted by Crippen LogP contribution is -2.40. The first-order valence-electron chi connectivity index (χ1n) is 7.15. The molecule has 1 fully saturated rings. The van der Waals surface area contributed by atoms with Gasteiger partial charge in [-0.3, -0.25) is 9.78 Å². The van der Waals surface area contributed by atoms with Gasteiger partial charge < -0.3 is 10.2 Å². The molecule has 4 nitrogen and oxygen atoms in total. The maximum Gasteiger partial charge on any atom is 0.237 e. The number of rotatable bonds is 5. The van der Waals surface area contributed by atoms with Crippen LogP contribution in [0.5, 0.6) is 0 Å². The van der Waals surface area contributed by atoms with Crippen molar-refractivity contribution < 1.29 is 4.79 Å². The highest BCUT2D eigenvalue weighted by Gasteiger charge is 2.29.